The number of nitrogens with one attached hydrogen (secondary N) is 1. The van der Waals surface area contributed by atoms with Crippen molar-refractivity contribution < 1.29 is 14.3 Å². The lowest BCUT2D eigenvalue weighted by Crippen LogP contribution is -2.13. The van der Waals surface area contributed by atoms with E-state index in [1.165, 1.54) is 0 Å². The molecular weight excluding hydrogens is 402 g/mol. The van der Waals surface area contributed by atoms with E-state index >= 15 is 0 Å². The molecule has 7 heteroatoms. The van der Waals surface area contributed by atoms with Crippen molar-refractivity contribution in [2.24, 2.45) is 5.92 Å². The highest BCUT2D eigenvalue weighted by Gasteiger charge is 2.13. The van der Waals surface area contributed by atoms with Crippen LogP contribution in [0.15, 0.2) is 48.5 Å². The standard InChI is InChI=1S/C23H24ClN3O3/c1-15(2)14-30-21-9-8-20(24)11-19(21)12-27-16(3)10-22(26-27)25-23(29)18-6-4-17(13-28)5-7-18/h4-11,13,15H,12,14H2,1-3H3,(H,25,26,29). The van der Waals surface area contributed by atoms with Crippen LogP contribution in [0.2, 0.25) is 5.02 Å². The van der Waals surface area contributed by atoms with Gasteiger partial charge in [-0.3, -0.25) is 14.3 Å². The molecule has 0 fully saturated rings. The minimum atomic E-state index is -0.291. The molecular formula is C23H24ClN3O3. The molecule has 6 nitrogen and oxygen atoms in total. The van der Waals surface area contributed by atoms with Crippen molar-refractivity contribution in [3.63, 3.8) is 0 Å². The van der Waals surface area contributed by atoms with Gasteiger partial charge in [-0.2, -0.15) is 5.10 Å². The summed E-state index contributed by atoms with van der Waals surface area (Å²) in [5, 5.41) is 7.92. The van der Waals surface area contributed by atoms with Crippen LogP contribution >= 0.6 is 11.6 Å². The molecule has 0 spiro atoms. The summed E-state index contributed by atoms with van der Waals surface area (Å²) in [5.74, 6) is 1.33. The maximum absolute atomic E-state index is 12.5. The van der Waals surface area contributed by atoms with Gasteiger partial charge in [0.05, 0.1) is 13.2 Å². The molecule has 156 valence electrons. The Morgan fingerprint density at radius 2 is 1.93 bits per heavy atom. The highest BCUT2D eigenvalue weighted by Crippen LogP contribution is 2.25. The third-order valence-electron chi connectivity index (χ3n) is 4.45. The number of hydrogen-bond donors (Lipinski definition) is 1. The van der Waals surface area contributed by atoms with Gasteiger partial charge in [0.1, 0.15) is 12.0 Å². The largest absolute Gasteiger partial charge is 0.493 e. The van der Waals surface area contributed by atoms with E-state index in [9.17, 15) is 9.59 Å². The van der Waals surface area contributed by atoms with Crippen LogP contribution in [0, 0.1) is 12.8 Å². The molecule has 0 aliphatic heterocycles. The summed E-state index contributed by atoms with van der Waals surface area (Å²) in [4.78, 5) is 23.2. The number of aryl methyl sites for hydroxylation is 1. The summed E-state index contributed by atoms with van der Waals surface area (Å²) in [6.45, 7) is 7.17. The molecule has 0 unspecified atom stereocenters. The first kappa shape index (κ1) is 21.6. The summed E-state index contributed by atoms with van der Waals surface area (Å²) in [5.41, 5.74) is 2.77. The molecule has 1 aromatic heterocycles. The summed E-state index contributed by atoms with van der Waals surface area (Å²) < 4.78 is 7.71. The van der Waals surface area contributed by atoms with E-state index in [-0.39, 0.29) is 5.91 Å². The fourth-order valence-corrected chi connectivity index (χ4v) is 3.06. The predicted octanol–water partition coefficient (Wildman–Crippen LogP) is 4.99. The Kier molecular flexibility index (Phi) is 6.90. The molecule has 0 bridgehead atoms. The van der Waals surface area contributed by atoms with Crippen molar-refractivity contribution in [1.82, 2.24) is 9.78 Å². The van der Waals surface area contributed by atoms with Crippen molar-refractivity contribution in [2.45, 2.75) is 27.3 Å². The zero-order valence-electron chi connectivity index (χ0n) is 17.2. The number of ether oxygens (including phenoxy) is 1. The molecule has 3 rings (SSSR count). The normalized spacial score (nSPS) is 10.8. The SMILES string of the molecule is Cc1cc(NC(=O)c2ccc(C=O)cc2)nn1Cc1cc(Cl)ccc1OCC(C)C. The van der Waals surface area contributed by atoms with Crippen molar-refractivity contribution >= 4 is 29.6 Å². The first-order valence-corrected chi connectivity index (χ1v) is 10.1. The van der Waals surface area contributed by atoms with Crippen LogP contribution < -0.4 is 10.1 Å². The topological polar surface area (TPSA) is 73.2 Å². The molecule has 3 aromatic rings. The number of anilines is 1. The van der Waals surface area contributed by atoms with Crippen LogP contribution in [0.1, 0.15) is 45.8 Å². The molecule has 1 amide bonds. The Labute approximate surface area is 180 Å². The highest BCUT2D eigenvalue weighted by molar-refractivity contribution is 6.30. The van der Waals surface area contributed by atoms with Gasteiger partial charge in [-0.05, 0) is 43.2 Å². The Balaban J connectivity index is 1.75. The van der Waals surface area contributed by atoms with Gasteiger partial charge < -0.3 is 10.1 Å². The summed E-state index contributed by atoms with van der Waals surface area (Å²) in [6.07, 6.45) is 0.738. The van der Waals surface area contributed by atoms with Crippen molar-refractivity contribution in [1.29, 1.82) is 0 Å². The number of benzene rings is 2. The lowest BCUT2D eigenvalue weighted by Gasteiger charge is -2.14. The average molecular weight is 426 g/mol. The van der Waals surface area contributed by atoms with Crippen LogP contribution in [-0.4, -0.2) is 28.6 Å². The number of hydrogen-bond acceptors (Lipinski definition) is 4. The number of aldehydes is 1. The maximum atomic E-state index is 12.5. The summed E-state index contributed by atoms with van der Waals surface area (Å²) >= 11 is 6.19. The Morgan fingerprint density at radius 1 is 1.20 bits per heavy atom. The predicted molar refractivity (Wildman–Crippen MR) is 118 cm³/mol. The van der Waals surface area contributed by atoms with E-state index in [0.717, 1.165) is 23.3 Å². The third kappa shape index (κ3) is 5.48. The molecule has 0 atom stereocenters. The zero-order valence-corrected chi connectivity index (χ0v) is 17.9. The van der Waals surface area contributed by atoms with E-state index in [4.69, 9.17) is 16.3 Å². The average Bonchev–Trinajstić information content (AvgIpc) is 3.06. The quantitative estimate of drug-likeness (QED) is 0.516. The van der Waals surface area contributed by atoms with Crippen molar-refractivity contribution in [2.75, 3.05) is 11.9 Å². The van der Waals surface area contributed by atoms with Gasteiger partial charge in [0.25, 0.3) is 5.91 Å². The summed E-state index contributed by atoms with van der Waals surface area (Å²) in [6, 6.07) is 13.7. The first-order chi connectivity index (χ1) is 14.4. The number of carbonyl (C=O) groups is 2. The lowest BCUT2D eigenvalue weighted by atomic mass is 10.1. The van der Waals surface area contributed by atoms with Crippen LogP contribution in [0.5, 0.6) is 5.75 Å². The molecule has 0 aliphatic carbocycles. The van der Waals surface area contributed by atoms with Crippen LogP contribution in [-0.2, 0) is 6.54 Å². The van der Waals surface area contributed by atoms with Crippen molar-refractivity contribution in [3.8, 4) is 5.75 Å². The van der Waals surface area contributed by atoms with E-state index < -0.39 is 0 Å². The van der Waals surface area contributed by atoms with E-state index in [0.29, 0.717) is 41.0 Å². The van der Waals surface area contributed by atoms with Crippen LogP contribution in [0.4, 0.5) is 5.82 Å². The Hall–Kier alpha value is -3.12. The molecule has 0 saturated carbocycles. The van der Waals surface area contributed by atoms with Gasteiger partial charge >= 0.3 is 0 Å². The minimum absolute atomic E-state index is 0.291. The third-order valence-corrected chi connectivity index (χ3v) is 4.68. The molecule has 2 aromatic carbocycles. The van der Waals surface area contributed by atoms with Gasteiger partial charge in [0, 0.05) is 33.5 Å². The first-order valence-electron chi connectivity index (χ1n) is 9.68. The highest BCUT2D eigenvalue weighted by atomic mass is 35.5. The number of amides is 1. The molecule has 30 heavy (non-hydrogen) atoms. The number of aromatic nitrogens is 2. The van der Waals surface area contributed by atoms with Crippen LogP contribution in [0.3, 0.4) is 0 Å². The fourth-order valence-electron chi connectivity index (χ4n) is 2.86. The molecule has 1 N–H and O–H groups in total. The van der Waals surface area contributed by atoms with Crippen LogP contribution in [0.25, 0.3) is 0 Å². The van der Waals surface area contributed by atoms with Gasteiger partial charge in [-0.1, -0.05) is 37.6 Å². The maximum Gasteiger partial charge on any atom is 0.256 e. The van der Waals surface area contributed by atoms with Gasteiger partial charge in [-0.15, -0.1) is 0 Å². The van der Waals surface area contributed by atoms with E-state index in [1.54, 1.807) is 41.1 Å². The second-order valence-electron chi connectivity index (χ2n) is 7.48. The van der Waals surface area contributed by atoms with Gasteiger partial charge in [0.2, 0.25) is 0 Å². The molecule has 1 heterocycles. The lowest BCUT2D eigenvalue weighted by molar-refractivity contribution is 0.102. The minimum Gasteiger partial charge on any atom is -0.493 e. The number of nitrogens with zero attached hydrogens (tertiary/aromatic N) is 2. The van der Waals surface area contributed by atoms with Crippen molar-refractivity contribution in [3.05, 3.63) is 75.9 Å². The number of halogens is 1. The monoisotopic (exact) mass is 425 g/mol. The molecule has 0 saturated heterocycles. The smallest absolute Gasteiger partial charge is 0.256 e. The second-order valence-corrected chi connectivity index (χ2v) is 7.92. The Bertz CT molecular complexity index is 1040. The van der Waals surface area contributed by atoms with E-state index in [1.807, 2.05) is 19.1 Å². The molecule has 0 aliphatic rings. The Morgan fingerprint density at radius 3 is 2.60 bits per heavy atom. The molecule has 0 radical (unpaired) electrons. The van der Waals surface area contributed by atoms with Gasteiger partial charge in [-0.25, -0.2) is 0 Å². The zero-order chi connectivity index (χ0) is 21.7. The second kappa shape index (κ2) is 9.59. The summed E-state index contributed by atoms with van der Waals surface area (Å²) in [7, 11) is 0. The number of rotatable bonds is 8. The fraction of sp³-hybridized carbons (Fsp3) is 0.261. The number of carbonyl (C=O) groups excluding carboxylic acids is 2. The van der Waals surface area contributed by atoms with Gasteiger partial charge in [0.15, 0.2) is 5.82 Å². The van der Waals surface area contributed by atoms with E-state index in [2.05, 4.69) is 24.3 Å².